The number of nitrogens with one attached hydrogen (secondary N) is 1. The van der Waals surface area contributed by atoms with E-state index < -0.39 is 0 Å². The van der Waals surface area contributed by atoms with Gasteiger partial charge in [-0.05, 0) is 12.0 Å². The van der Waals surface area contributed by atoms with Gasteiger partial charge in [-0.2, -0.15) is 0 Å². The molecule has 1 aromatic rings. The number of hydrogen-bond donors (Lipinski definition) is 1. The summed E-state index contributed by atoms with van der Waals surface area (Å²) < 4.78 is 5.35. The van der Waals surface area contributed by atoms with E-state index in [2.05, 4.69) is 40.5 Å². The zero-order valence-electron chi connectivity index (χ0n) is 10.8. The third kappa shape index (κ3) is 3.10. The average molecular weight is 246 g/mol. The van der Waals surface area contributed by atoms with Crippen LogP contribution in [-0.2, 0) is 4.74 Å². The summed E-state index contributed by atoms with van der Waals surface area (Å²) in [7, 11) is 0. The van der Waals surface area contributed by atoms with Crippen molar-refractivity contribution in [2.75, 3.05) is 39.4 Å². The summed E-state index contributed by atoms with van der Waals surface area (Å²) in [6.45, 7) is 6.24. The molecule has 1 aliphatic carbocycles. The molecule has 1 N–H and O–H groups in total. The Hall–Kier alpha value is -0.900. The van der Waals surface area contributed by atoms with E-state index >= 15 is 0 Å². The van der Waals surface area contributed by atoms with Crippen molar-refractivity contribution in [3.63, 3.8) is 0 Å². The maximum atomic E-state index is 5.35. The Balaban J connectivity index is 1.36. The van der Waals surface area contributed by atoms with Gasteiger partial charge in [0, 0.05) is 38.1 Å². The monoisotopic (exact) mass is 246 g/mol. The van der Waals surface area contributed by atoms with Crippen LogP contribution in [0, 0.1) is 0 Å². The van der Waals surface area contributed by atoms with Crippen LogP contribution in [0.5, 0.6) is 0 Å². The van der Waals surface area contributed by atoms with Gasteiger partial charge < -0.3 is 10.1 Å². The van der Waals surface area contributed by atoms with Crippen LogP contribution in [0.25, 0.3) is 0 Å². The first-order valence-corrected chi connectivity index (χ1v) is 7.02. The summed E-state index contributed by atoms with van der Waals surface area (Å²) >= 11 is 0. The van der Waals surface area contributed by atoms with Crippen LogP contribution in [0.1, 0.15) is 17.9 Å². The van der Waals surface area contributed by atoms with E-state index in [0.717, 1.165) is 45.3 Å². The van der Waals surface area contributed by atoms with E-state index in [1.165, 1.54) is 12.0 Å². The summed E-state index contributed by atoms with van der Waals surface area (Å²) in [5.74, 6) is 0.746. The van der Waals surface area contributed by atoms with Crippen molar-refractivity contribution < 1.29 is 4.74 Å². The maximum absolute atomic E-state index is 5.35. The molecule has 1 saturated heterocycles. The van der Waals surface area contributed by atoms with Crippen LogP contribution in [0.4, 0.5) is 0 Å². The van der Waals surface area contributed by atoms with Crippen molar-refractivity contribution >= 4 is 0 Å². The highest BCUT2D eigenvalue weighted by atomic mass is 16.5. The van der Waals surface area contributed by atoms with E-state index in [9.17, 15) is 0 Å². The van der Waals surface area contributed by atoms with Gasteiger partial charge in [0.1, 0.15) is 0 Å². The fourth-order valence-electron chi connectivity index (χ4n) is 2.72. The lowest BCUT2D eigenvalue weighted by molar-refractivity contribution is 0.0384. The molecule has 0 amide bonds. The van der Waals surface area contributed by atoms with Gasteiger partial charge in [0.15, 0.2) is 0 Å². The van der Waals surface area contributed by atoms with Crippen LogP contribution < -0.4 is 5.32 Å². The van der Waals surface area contributed by atoms with Gasteiger partial charge >= 0.3 is 0 Å². The quantitative estimate of drug-likeness (QED) is 0.851. The minimum Gasteiger partial charge on any atom is -0.379 e. The summed E-state index contributed by atoms with van der Waals surface area (Å²) in [5.41, 5.74) is 1.49. The zero-order valence-corrected chi connectivity index (χ0v) is 10.8. The van der Waals surface area contributed by atoms with Gasteiger partial charge in [-0.15, -0.1) is 0 Å². The molecular weight excluding hydrogens is 224 g/mol. The first-order valence-electron chi connectivity index (χ1n) is 7.02. The summed E-state index contributed by atoms with van der Waals surface area (Å²) in [6.07, 6.45) is 1.30. The Morgan fingerprint density at radius 2 is 1.94 bits per heavy atom. The largest absolute Gasteiger partial charge is 0.379 e. The number of benzene rings is 1. The van der Waals surface area contributed by atoms with E-state index in [0.29, 0.717) is 6.04 Å². The number of hydrogen-bond acceptors (Lipinski definition) is 3. The predicted octanol–water partition coefficient (Wildman–Crippen LogP) is 1.46. The lowest BCUT2D eigenvalue weighted by Crippen LogP contribution is -2.40. The first-order chi connectivity index (χ1) is 8.93. The van der Waals surface area contributed by atoms with Gasteiger partial charge in [0.05, 0.1) is 13.2 Å². The summed E-state index contributed by atoms with van der Waals surface area (Å²) in [4.78, 5) is 2.48. The SMILES string of the molecule is c1ccc(C2CC2NCCN2CCOCC2)cc1. The van der Waals surface area contributed by atoms with Gasteiger partial charge in [0.2, 0.25) is 0 Å². The van der Waals surface area contributed by atoms with Crippen molar-refractivity contribution in [1.29, 1.82) is 0 Å². The maximum Gasteiger partial charge on any atom is 0.0594 e. The fraction of sp³-hybridized carbons (Fsp3) is 0.600. The highest BCUT2D eigenvalue weighted by molar-refractivity contribution is 5.27. The molecule has 18 heavy (non-hydrogen) atoms. The van der Waals surface area contributed by atoms with Crippen LogP contribution in [0.15, 0.2) is 30.3 Å². The third-order valence-corrected chi connectivity index (χ3v) is 3.96. The molecule has 3 nitrogen and oxygen atoms in total. The normalized spacial score (nSPS) is 28.2. The number of morpholine rings is 1. The molecule has 0 radical (unpaired) electrons. The van der Waals surface area contributed by atoms with Crippen molar-refractivity contribution in [3.8, 4) is 0 Å². The molecule has 2 unspecified atom stereocenters. The number of rotatable bonds is 5. The summed E-state index contributed by atoms with van der Waals surface area (Å²) in [6, 6.07) is 11.6. The molecule has 2 atom stereocenters. The Kier molecular flexibility index (Phi) is 3.93. The van der Waals surface area contributed by atoms with Crippen LogP contribution in [-0.4, -0.2) is 50.3 Å². The second kappa shape index (κ2) is 5.83. The van der Waals surface area contributed by atoms with Crippen LogP contribution >= 0.6 is 0 Å². The standard InChI is InChI=1S/C15H22N2O/c1-2-4-13(5-3-1)14-12-15(14)16-6-7-17-8-10-18-11-9-17/h1-5,14-16H,6-12H2. The smallest absolute Gasteiger partial charge is 0.0594 e. The second-order valence-corrected chi connectivity index (χ2v) is 5.27. The van der Waals surface area contributed by atoms with Gasteiger partial charge in [0.25, 0.3) is 0 Å². The number of ether oxygens (including phenoxy) is 1. The minimum absolute atomic E-state index is 0.702. The lowest BCUT2D eigenvalue weighted by atomic mass is 10.1. The zero-order chi connectivity index (χ0) is 12.2. The molecule has 1 heterocycles. The molecule has 2 fully saturated rings. The van der Waals surface area contributed by atoms with Gasteiger partial charge in [-0.25, -0.2) is 0 Å². The van der Waals surface area contributed by atoms with Crippen molar-refractivity contribution in [2.45, 2.75) is 18.4 Å². The van der Waals surface area contributed by atoms with E-state index in [1.54, 1.807) is 0 Å². The van der Waals surface area contributed by atoms with E-state index in [4.69, 9.17) is 4.74 Å². The lowest BCUT2D eigenvalue weighted by Gasteiger charge is -2.26. The molecule has 2 aliphatic rings. The Bertz CT molecular complexity index is 362. The topological polar surface area (TPSA) is 24.5 Å². The van der Waals surface area contributed by atoms with Crippen LogP contribution in [0.3, 0.4) is 0 Å². The molecule has 0 aromatic heterocycles. The Morgan fingerprint density at radius 3 is 2.72 bits per heavy atom. The molecule has 3 heteroatoms. The minimum atomic E-state index is 0.702. The van der Waals surface area contributed by atoms with Crippen molar-refractivity contribution in [2.24, 2.45) is 0 Å². The fourth-order valence-corrected chi connectivity index (χ4v) is 2.72. The molecule has 1 aromatic carbocycles. The molecular formula is C15H22N2O. The molecule has 1 saturated carbocycles. The van der Waals surface area contributed by atoms with Gasteiger partial charge in [-0.3, -0.25) is 4.90 Å². The highest BCUT2D eigenvalue weighted by Gasteiger charge is 2.37. The van der Waals surface area contributed by atoms with Crippen molar-refractivity contribution in [3.05, 3.63) is 35.9 Å². The second-order valence-electron chi connectivity index (χ2n) is 5.27. The Morgan fingerprint density at radius 1 is 1.17 bits per heavy atom. The van der Waals surface area contributed by atoms with E-state index in [1.807, 2.05) is 0 Å². The Labute approximate surface area is 109 Å². The molecule has 0 bridgehead atoms. The molecule has 3 rings (SSSR count). The van der Waals surface area contributed by atoms with Crippen LogP contribution in [0.2, 0.25) is 0 Å². The highest BCUT2D eigenvalue weighted by Crippen LogP contribution is 2.40. The molecule has 0 spiro atoms. The van der Waals surface area contributed by atoms with E-state index in [-0.39, 0.29) is 0 Å². The summed E-state index contributed by atoms with van der Waals surface area (Å²) in [5, 5.41) is 3.67. The van der Waals surface area contributed by atoms with Crippen molar-refractivity contribution in [1.82, 2.24) is 10.2 Å². The predicted molar refractivity (Wildman–Crippen MR) is 72.8 cm³/mol. The number of nitrogens with zero attached hydrogens (tertiary/aromatic N) is 1. The van der Waals surface area contributed by atoms with Gasteiger partial charge in [-0.1, -0.05) is 30.3 Å². The third-order valence-electron chi connectivity index (χ3n) is 3.96. The average Bonchev–Trinajstić information content (AvgIpc) is 3.21. The molecule has 98 valence electrons. The molecule has 1 aliphatic heterocycles. The first kappa shape index (κ1) is 12.2.